The topological polar surface area (TPSA) is 89.2 Å². The van der Waals surface area contributed by atoms with Crippen molar-refractivity contribution < 1.29 is 8.42 Å². The van der Waals surface area contributed by atoms with Crippen LogP contribution in [0.25, 0.3) is 0 Å². The highest BCUT2D eigenvalue weighted by Crippen LogP contribution is 2.26. The number of anilines is 2. The molecule has 8 heteroatoms. The maximum absolute atomic E-state index is 12.5. The summed E-state index contributed by atoms with van der Waals surface area (Å²) in [6, 6.07) is 7.29. The third-order valence-corrected chi connectivity index (χ3v) is 5.51. The predicted molar refractivity (Wildman–Crippen MR) is 75.7 cm³/mol. The Morgan fingerprint density at radius 3 is 2.63 bits per heavy atom. The van der Waals surface area contributed by atoms with Gasteiger partial charge in [0.25, 0.3) is 14.4 Å². The smallest absolute Gasteiger partial charge is 0.293 e. The van der Waals surface area contributed by atoms with Crippen molar-refractivity contribution in [3.8, 4) is 0 Å². The van der Waals surface area contributed by atoms with Crippen LogP contribution in [0.5, 0.6) is 0 Å². The fourth-order valence-electron chi connectivity index (χ4n) is 1.69. The number of hydrogen-bond donors (Lipinski definition) is 1. The molecule has 19 heavy (non-hydrogen) atoms. The molecule has 1 aromatic heterocycles. The second kappa shape index (κ2) is 5.14. The molecule has 6 nitrogen and oxygen atoms in total. The Balaban J connectivity index is 2.47. The van der Waals surface area contributed by atoms with Gasteiger partial charge >= 0.3 is 0 Å². The zero-order valence-electron chi connectivity index (χ0n) is 10.6. The normalized spacial score (nSPS) is 11.5. The first kappa shape index (κ1) is 13.8. The maximum atomic E-state index is 12.5. The molecule has 2 aromatic rings. The van der Waals surface area contributed by atoms with Crippen LogP contribution >= 0.6 is 11.3 Å². The van der Waals surface area contributed by atoms with Gasteiger partial charge in [-0.25, -0.2) is 0 Å². The molecule has 0 aliphatic heterocycles. The highest BCUT2D eigenvalue weighted by molar-refractivity contribution is 7.94. The van der Waals surface area contributed by atoms with E-state index in [9.17, 15) is 8.42 Å². The summed E-state index contributed by atoms with van der Waals surface area (Å²) in [6.07, 6.45) is 0. The minimum atomic E-state index is -3.70. The summed E-state index contributed by atoms with van der Waals surface area (Å²) < 4.78 is 26.1. The fourth-order valence-corrected chi connectivity index (χ4v) is 4.05. The standard InChI is InChI=1S/C11H14N4O2S2/c1-3-15(9-6-4-5-8(2)7-9)19(16,17)11-14-13-10(12)18-11/h4-7H,3H2,1-2H3,(H2,12,13). The Labute approximate surface area is 115 Å². The summed E-state index contributed by atoms with van der Waals surface area (Å²) in [5, 5.41) is 7.31. The van der Waals surface area contributed by atoms with Crippen molar-refractivity contribution in [1.29, 1.82) is 0 Å². The van der Waals surface area contributed by atoms with E-state index in [2.05, 4.69) is 10.2 Å². The van der Waals surface area contributed by atoms with Crippen molar-refractivity contribution in [3.05, 3.63) is 29.8 Å². The van der Waals surface area contributed by atoms with Crippen LogP contribution in [0, 0.1) is 6.92 Å². The minimum absolute atomic E-state index is 0.0895. The van der Waals surface area contributed by atoms with Crippen molar-refractivity contribution >= 4 is 32.2 Å². The Morgan fingerprint density at radius 2 is 2.11 bits per heavy atom. The van der Waals surface area contributed by atoms with Gasteiger partial charge in [0.2, 0.25) is 5.13 Å². The van der Waals surface area contributed by atoms with Crippen LogP contribution in [0.2, 0.25) is 0 Å². The minimum Gasteiger partial charge on any atom is -0.374 e. The SMILES string of the molecule is CCN(c1cccc(C)c1)S(=O)(=O)c1nnc(N)s1. The van der Waals surface area contributed by atoms with Gasteiger partial charge in [-0.3, -0.25) is 4.31 Å². The van der Waals surface area contributed by atoms with Crippen molar-refractivity contribution in [2.24, 2.45) is 0 Å². The summed E-state index contributed by atoms with van der Waals surface area (Å²) in [6.45, 7) is 3.99. The molecule has 0 bridgehead atoms. The van der Waals surface area contributed by atoms with Gasteiger partial charge in [-0.1, -0.05) is 23.5 Å². The molecule has 0 atom stereocenters. The van der Waals surface area contributed by atoms with Crippen LogP contribution in [-0.2, 0) is 10.0 Å². The largest absolute Gasteiger partial charge is 0.374 e. The van der Waals surface area contributed by atoms with E-state index in [1.165, 1.54) is 4.31 Å². The van der Waals surface area contributed by atoms with Crippen molar-refractivity contribution in [2.75, 3.05) is 16.6 Å². The van der Waals surface area contributed by atoms with Gasteiger partial charge < -0.3 is 5.73 Å². The van der Waals surface area contributed by atoms with Gasteiger partial charge in [-0.15, -0.1) is 10.2 Å². The molecular formula is C11H14N4O2S2. The van der Waals surface area contributed by atoms with E-state index in [0.29, 0.717) is 12.2 Å². The lowest BCUT2D eigenvalue weighted by Gasteiger charge is -2.21. The number of aromatic nitrogens is 2. The monoisotopic (exact) mass is 298 g/mol. The number of nitrogen functional groups attached to an aromatic ring is 1. The highest BCUT2D eigenvalue weighted by Gasteiger charge is 2.27. The first-order chi connectivity index (χ1) is 8.95. The van der Waals surface area contributed by atoms with Crippen LogP contribution in [0.3, 0.4) is 0 Å². The average molecular weight is 298 g/mol. The molecule has 0 unspecified atom stereocenters. The lowest BCUT2D eigenvalue weighted by Crippen LogP contribution is -2.30. The number of aryl methyl sites for hydroxylation is 1. The van der Waals surface area contributed by atoms with E-state index >= 15 is 0 Å². The molecule has 0 saturated heterocycles. The number of hydrogen-bond acceptors (Lipinski definition) is 6. The first-order valence-corrected chi connectivity index (χ1v) is 7.89. The molecule has 0 amide bonds. The summed E-state index contributed by atoms with van der Waals surface area (Å²) in [4.78, 5) is 0. The van der Waals surface area contributed by atoms with Gasteiger partial charge in [0.05, 0.1) is 5.69 Å². The molecule has 0 aliphatic rings. The molecule has 1 heterocycles. The molecule has 2 rings (SSSR count). The number of sulfonamides is 1. The quantitative estimate of drug-likeness (QED) is 0.927. The van der Waals surface area contributed by atoms with E-state index < -0.39 is 10.0 Å². The number of nitrogens with two attached hydrogens (primary N) is 1. The van der Waals surface area contributed by atoms with E-state index in [-0.39, 0.29) is 9.47 Å². The molecule has 2 N–H and O–H groups in total. The van der Waals surface area contributed by atoms with E-state index in [1.807, 2.05) is 25.1 Å². The molecule has 0 aliphatic carbocycles. The molecule has 0 spiro atoms. The lowest BCUT2D eigenvalue weighted by molar-refractivity contribution is 0.590. The Bertz CT molecular complexity index is 682. The third-order valence-electron chi connectivity index (χ3n) is 2.51. The second-order valence-electron chi connectivity index (χ2n) is 3.92. The average Bonchev–Trinajstić information content (AvgIpc) is 2.77. The van der Waals surface area contributed by atoms with Crippen LogP contribution in [-0.4, -0.2) is 25.2 Å². The number of benzene rings is 1. The van der Waals surface area contributed by atoms with Gasteiger partial charge in [0.15, 0.2) is 0 Å². The summed E-state index contributed by atoms with van der Waals surface area (Å²) in [5.41, 5.74) is 7.04. The number of rotatable bonds is 4. The Hall–Kier alpha value is -1.67. The summed E-state index contributed by atoms with van der Waals surface area (Å²) in [5.74, 6) is 0. The molecule has 0 saturated carbocycles. The highest BCUT2D eigenvalue weighted by atomic mass is 32.2. The lowest BCUT2D eigenvalue weighted by atomic mass is 10.2. The van der Waals surface area contributed by atoms with Gasteiger partial charge in [0.1, 0.15) is 0 Å². The summed E-state index contributed by atoms with van der Waals surface area (Å²) in [7, 11) is -3.70. The van der Waals surface area contributed by atoms with Crippen LogP contribution < -0.4 is 10.0 Å². The molecule has 1 aromatic carbocycles. The molecule has 0 radical (unpaired) electrons. The van der Waals surface area contributed by atoms with Gasteiger partial charge in [-0.2, -0.15) is 8.42 Å². The molecule has 102 valence electrons. The van der Waals surface area contributed by atoms with E-state index in [0.717, 1.165) is 16.9 Å². The fraction of sp³-hybridized carbons (Fsp3) is 0.273. The van der Waals surface area contributed by atoms with Gasteiger partial charge in [0, 0.05) is 6.54 Å². The van der Waals surface area contributed by atoms with Crippen LogP contribution in [0.15, 0.2) is 28.6 Å². The first-order valence-electron chi connectivity index (χ1n) is 5.63. The van der Waals surface area contributed by atoms with Crippen molar-refractivity contribution in [1.82, 2.24) is 10.2 Å². The second-order valence-corrected chi connectivity index (χ2v) is 6.96. The van der Waals surface area contributed by atoms with E-state index in [1.54, 1.807) is 13.0 Å². The van der Waals surface area contributed by atoms with Crippen molar-refractivity contribution in [2.45, 2.75) is 18.2 Å². The van der Waals surface area contributed by atoms with Crippen LogP contribution in [0.4, 0.5) is 10.8 Å². The van der Waals surface area contributed by atoms with Crippen LogP contribution in [0.1, 0.15) is 12.5 Å². The maximum Gasteiger partial charge on any atom is 0.293 e. The Morgan fingerprint density at radius 1 is 1.37 bits per heavy atom. The summed E-state index contributed by atoms with van der Waals surface area (Å²) >= 11 is 0.863. The Kier molecular flexibility index (Phi) is 3.72. The molecular weight excluding hydrogens is 284 g/mol. The zero-order valence-corrected chi connectivity index (χ0v) is 12.2. The predicted octanol–water partition coefficient (Wildman–Crippen LogP) is 1.64. The molecule has 0 fully saturated rings. The zero-order chi connectivity index (χ0) is 14.0. The third kappa shape index (κ3) is 2.69. The van der Waals surface area contributed by atoms with Gasteiger partial charge in [-0.05, 0) is 31.5 Å². The number of nitrogens with zero attached hydrogens (tertiary/aromatic N) is 3. The van der Waals surface area contributed by atoms with Crippen molar-refractivity contribution in [3.63, 3.8) is 0 Å². The van der Waals surface area contributed by atoms with E-state index in [4.69, 9.17) is 5.73 Å².